The van der Waals surface area contributed by atoms with Crippen molar-refractivity contribution in [3.8, 4) is 0 Å². The molecule has 1 atom stereocenters. The van der Waals surface area contributed by atoms with Crippen molar-refractivity contribution in [1.29, 1.82) is 0 Å². The third-order valence-electron chi connectivity index (χ3n) is 1.60. The number of rotatable bonds is 2. The summed E-state index contributed by atoms with van der Waals surface area (Å²) in [5.74, 6) is 3.63. The average Bonchev–Trinajstić information content (AvgIpc) is 2.16. The summed E-state index contributed by atoms with van der Waals surface area (Å²) in [5.41, 5.74) is 0. The van der Waals surface area contributed by atoms with E-state index in [1.54, 1.807) is 7.05 Å². The maximum Gasteiger partial charge on any atom is 0.314 e. The minimum Gasteiger partial charge on any atom is -0.341 e. The number of amides is 2. The standard InChI is InChI=1S/C7H14N2OS2/c1-8-7(10)9-4-6-5-11-2-3-12-6/h6H,2-5H2,1H3,(H2,8,9,10). The van der Waals surface area contributed by atoms with E-state index >= 15 is 0 Å². The van der Waals surface area contributed by atoms with Gasteiger partial charge in [0.05, 0.1) is 0 Å². The van der Waals surface area contributed by atoms with E-state index < -0.39 is 0 Å². The molecular weight excluding hydrogens is 192 g/mol. The van der Waals surface area contributed by atoms with E-state index in [9.17, 15) is 4.79 Å². The number of hydrogen-bond donors (Lipinski definition) is 2. The highest BCUT2D eigenvalue weighted by molar-refractivity contribution is 8.06. The minimum atomic E-state index is -0.0776. The van der Waals surface area contributed by atoms with Crippen LogP contribution in [-0.4, -0.2) is 42.1 Å². The third-order valence-corrected chi connectivity index (χ3v) is 4.45. The van der Waals surface area contributed by atoms with E-state index in [0.717, 1.165) is 12.3 Å². The fourth-order valence-corrected chi connectivity index (χ4v) is 3.56. The van der Waals surface area contributed by atoms with E-state index in [1.807, 2.05) is 23.5 Å². The molecule has 1 heterocycles. The molecule has 0 aromatic carbocycles. The first kappa shape index (κ1) is 10.1. The summed E-state index contributed by atoms with van der Waals surface area (Å²) in [5, 5.41) is 5.95. The highest BCUT2D eigenvalue weighted by Gasteiger charge is 2.14. The molecule has 2 N–H and O–H groups in total. The second-order valence-corrected chi connectivity index (χ2v) is 5.09. The molecule has 1 fully saturated rings. The number of hydrogen-bond acceptors (Lipinski definition) is 3. The van der Waals surface area contributed by atoms with Crippen LogP contribution < -0.4 is 10.6 Å². The van der Waals surface area contributed by atoms with Crippen molar-refractivity contribution < 1.29 is 4.79 Å². The maximum absolute atomic E-state index is 10.8. The van der Waals surface area contributed by atoms with Gasteiger partial charge in [-0.15, -0.1) is 0 Å². The molecule has 70 valence electrons. The number of thioether (sulfide) groups is 2. The summed E-state index contributed by atoms with van der Waals surface area (Å²) in [4.78, 5) is 10.8. The molecule has 3 nitrogen and oxygen atoms in total. The molecule has 0 spiro atoms. The summed E-state index contributed by atoms with van der Waals surface area (Å²) in [7, 11) is 1.64. The Morgan fingerprint density at radius 1 is 1.58 bits per heavy atom. The van der Waals surface area contributed by atoms with Crippen LogP contribution in [-0.2, 0) is 0 Å². The maximum atomic E-state index is 10.8. The van der Waals surface area contributed by atoms with Crippen LogP contribution in [0.15, 0.2) is 0 Å². The van der Waals surface area contributed by atoms with Gasteiger partial charge in [-0.25, -0.2) is 4.79 Å². The largest absolute Gasteiger partial charge is 0.341 e. The molecule has 5 heteroatoms. The van der Waals surface area contributed by atoms with Crippen molar-refractivity contribution >= 4 is 29.6 Å². The molecule has 1 saturated heterocycles. The molecule has 0 radical (unpaired) electrons. The zero-order chi connectivity index (χ0) is 8.81. The van der Waals surface area contributed by atoms with Crippen molar-refractivity contribution in [3.05, 3.63) is 0 Å². The molecule has 1 rings (SSSR count). The predicted molar refractivity (Wildman–Crippen MR) is 56.0 cm³/mol. The average molecular weight is 206 g/mol. The summed E-state index contributed by atoms with van der Waals surface area (Å²) < 4.78 is 0. The number of urea groups is 1. The first-order valence-electron chi connectivity index (χ1n) is 3.98. The molecule has 1 aliphatic heterocycles. The van der Waals surface area contributed by atoms with E-state index in [0.29, 0.717) is 5.25 Å². The Labute approximate surface area is 81.4 Å². The van der Waals surface area contributed by atoms with Gasteiger partial charge in [0.1, 0.15) is 0 Å². The Balaban J connectivity index is 2.09. The molecule has 1 unspecified atom stereocenters. The molecule has 0 saturated carbocycles. The Kier molecular flexibility index (Phi) is 4.68. The van der Waals surface area contributed by atoms with Gasteiger partial charge in [-0.2, -0.15) is 23.5 Å². The Bertz CT molecular complexity index is 148. The molecular formula is C7H14N2OS2. The summed E-state index contributed by atoms with van der Waals surface area (Å²) in [6.45, 7) is 0.789. The second-order valence-electron chi connectivity index (χ2n) is 2.53. The van der Waals surface area contributed by atoms with Crippen molar-refractivity contribution in [2.75, 3.05) is 30.9 Å². The van der Waals surface area contributed by atoms with Crippen LogP contribution in [0.2, 0.25) is 0 Å². The molecule has 1 aliphatic rings. The predicted octanol–water partition coefficient (Wildman–Crippen LogP) is 0.764. The van der Waals surface area contributed by atoms with Gasteiger partial charge >= 0.3 is 6.03 Å². The molecule has 0 aromatic heterocycles. The lowest BCUT2D eigenvalue weighted by molar-refractivity contribution is 0.243. The van der Waals surface area contributed by atoms with Crippen LogP contribution >= 0.6 is 23.5 Å². The topological polar surface area (TPSA) is 41.1 Å². The lowest BCUT2D eigenvalue weighted by Crippen LogP contribution is -2.38. The van der Waals surface area contributed by atoms with E-state index in [1.165, 1.54) is 11.5 Å². The molecule has 12 heavy (non-hydrogen) atoms. The fraction of sp³-hybridized carbons (Fsp3) is 0.857. The zero-order valence-corrected chi connectivity index (χ0v) is 8.76. The Hall–Kier alpha value is -0.0300. The molecule has 0 aromatic rings. The zero-order valence-electron chi connectivity index (χ0n) is 7.13. The molecule has 0 bridgehead atoms. The van der Waals surface area contributed by atoms with Gasteiger partial charge < -0.3 is 10.6 Å². The lowest BCUT2D eigenvalue weighted by atomic mass is 10.5. The number of carbonyl (C=O) groups is 1. The summed E-state index contributed by atoms with van der Waals surface area (Å²) in [6, 6.07) is -0.0776. The van der Waals surface area contributed by atoms with Gasteiger partial charge in [0.2, 0.25) is 0 Å². The van der Waals surface area contributed by atoms with Crippen molar-refractivity contribution in [1.82, 2.24) is 10.6 Å². The van der Waals surface area contributed by atoms with Gasteiger partial charge in [0.25, 0.3) is 0 Å². The van der Waals surface area contributed by atoms with Crippen LogP contribution in [0.5, 0.6) is 0 Å². The van der Waals surface area contributed by atoms with Crippen LogP contribution in [0.3, 0.4) is 0 Å². The highest BCUT2D eigenvalue weighted by Crippen LogP contribution is 2.23. The van der Waals surface area contributed by atoms with Crippen LogP contribution in [0.25, 0.3) is 0 Å². The van der Waals surface area contributed by atoms with Crippen LogP contribution in [0.4, 0.5) is 4.79 Å². The SMILES string of the molecule is CNC(=O)NCC1CSCCS1. The first-order chi connectivity index (χ1) is 5.83. The van der Waals surface area contributed by atoms with E-state index in [2.05, 4.69) is 10.6 Å². The van der Waals surface area contributed by atoms with Crippen LogP contribution in [0, 0.1) is 0 Å². The normalized spacial score (nSPS) is 23.2. The quantitative estimate of drug-likeness (QED) is 0.701. The van der Waals surface area contributed by atoms with Crippen molar-refractivity contribution in [3.63, 3.8) is 0 Å². The van der Waals surface area contributed by atoms with E-state index in [-0.39, 0.29) is 6.03 Å². The third kappa shape index (κ3) is 3.58. The fourth-order valence-electron chi connectivity index (χ4n) is 0.949. The smallest absolute Gasteiger partial charge is 0.314 e. The second kappa shape index (κ2) is 5.59. The van der Waals surface area contributed by atoms with Gasteiger partial charge in [-0.05, 0) is 0 Å². The lowest BCUT2D eigenvalue weighted by Gasteiger charge is -2.20. The highest BCUT2D eigenvalue weighted by atomic mass is 32.2. The minimum absolute atomic E-state index is 0.0776. The van der Waals surface area contributed by atoms with Gasteiger partial charge in [0.15, 0.2) is 0 Å². The Morgan fingerprint density at radius 3 is 3.00 bits per heavy atom. The van der Waals surface area contributed by atoms with Crippen molar-refractivity contribution in [2.45, 2.75) is 5.25 Å². The summed E-state index contributed by atoms with van der Waals surface area (Å²) in [6.07, 6.45) is 0. The van der Waals surface area contributed by atoms with Crippen LogP contribution in [0.1, 0.15) is 0 Å². The van der Waals surface area contributed by atoms with Gasteiger partial charge in [-0.1, -0.05) is 0 Å². The van der Waals surface area contributed by atoms with Crippen molar-refractivity contribution in [2.24, 2.45) is 0 Å². The molecule has 2 amide bonds. The van der Waals surface area contributed by atoms with Gasteiger partial charge in [-0.3, -0.25) is 0 Å². The monoisotopic (exact) mass is 206 g/mol. The number of carbonyl (C=O) groups excluding carboxylic acids is 1. The first-order valence-corrected chi connectivity index (χ1v) is 6.18. The summed E-state index contributed by atoms with van der Waals surface area (Å²) >= 11 is 3.92. The van der Waals surface area contributed by atoms with Gasteiger partial charge in [0, 0.05) is 36.1 Å². The van der Waals surface area contributed by atoms with E-state index in [4.69, 9.17) is 0 Å². The Morgan fingerprint density at radius 2 is 2.42 bits per heavy atom. The molecule has 0 aliphatic carbocycles. The number of nitrogens with one attached hydrogen (secondary N) is 2.